The maximum atomic E-state index is 5.24. The molecule has 2 aromatic rings. The van der Waals surface area contributed by atoms with Gasteiger partial charge in [-0.15, -0.1) is 0 Å². The Bertz CT molecular complexity index is 1080. The SMILES string of the molecule is CCCCCCCCCCCCCCCCCCC/C=C/c1cccc(N=C(CCCC)C(CCCCCC)=Nc2ccccc2)c1. The van der Waals surface area contributed by atoms with Gasteiger partial charge in [0.05, 0.1) is 22.8 Å². The van der Waals surface area contributed by atoms with Crippen LogP contribution in [-0.4, -0.2) is 11.4 Å². The number of nitrogens with zero attached hydrogens (tertiary/aromatic N) is 2. The highest BCUT2D eigenvalue weighted by molar-refractivity contribution is 6.43. The van der Waals surface area contributed by atoms with E-state index in [-0.39, 0.29) is 0 Å². The second-order valence-electron chi connectivity index (χ2n) is 13.8. The maximum absolute atomic E-state index is 5.24. The van der Waals surface area contributed by atoms with Gasteiger partial charge in [0.2, 0.25) is 0 Å². The molecule has 0 atom stereocenters. The minimum absolute atomic E-state index is 0.981. The first-order valence-electron chi connectivity index (χ1n) is 20.2. The fraction of sp³-hybridized carbons (Fsp3) is 0.644. The molecule has 0 aliphatic carbocycles. The summed E-state index contributed by atoms with van der Waals surface area (Å²) in [7, 11) is 0. The van der Waals surface area contributed by atoms with E-state index >= 15 is 0 Å². The highest BCUT2D eigenvalue weighted by atomic mass is 14.8. The quantitative estimate of drug-likeness (QED) is 0.0599. The lowest BCUT2D eigenvalue weighted by molar-refractivity contribution is 0.527. The van der Waals surface area contributed by atoms with E-state index < -0.39 is 0 Å². The molecule has 0 bridgehead atoms. The van der Waals surface area contributed by atoms with Gasteiger partial charge in [0, 0.05) is 0 Å². The molecule has 262 valence electrons. The molecule has 2 nitrogen and oxygen atoms in total. The van der Waals surface area contributed by atoms with Crippen LogP contribution in [0.2, 0.25) is 0 Å². The first-order valence-corrected chi connectivity index (χ1v) is 20.2. The monoisotopic (exact) mass is 641 g/mol. The van der Waals surface area contributed by atoms with Gasteiger partial charge in [-0.1, -0.05) is 192 Å². The number of benzene rings is 2. The molecule has 0 unspecified atom stereocenters. The Morgan fingerprint density at radius 2 is 0.894 bits per heavy atom. The second kappa shape index (κ2) is 29.6. The molecule has 47 heavy (non-hydrogen) atoms. The molecular formula is C45H72N2. The topological polar surface area (TPSA) is 24.7 Å². The number of hydrogen-bond donors (Lipinski definition) is 0. The van der Waals surface area contributed by atoms with Gasteiger partial charge in [-0.2, -0.15) is 0 Å². The third-order valence-corrected chi connectivity index (χ3v) is 9.31. The lowest BCUT2D eigenvalue weighted by atomic mass is 10.0. The van der Waals surface area contributed by atoms with Gasteiger partial charge in [0.1, 0.15) is 0 Å². The zero-order valence-corrected chi connectivity index (χ0v) is 31.1. The van der Waals surface area contributed by atoms with E-state index in [4.69, 9.17) is 9.98 Å². The predicted molar refractivity (Wildman–Crippen MR) is 213 cm³/mol. The highest BCUT2D eigenvalue weighted by Crippen LogP contribution is 2.21. The summed E-state index contributed by atoms with van der Waals surface area (Å²) < 4.78 is 0. The van der Waals surface area contributed by atoms with Crippen molar-refractivity contribution in [2.75, 3.05) is 0 Å². The zero-order chi connectivity index (χ0) is 33.5. The summed E-state index contributed by atoms with van der Waals surface area (Å²) in [5.41, 5.74) is 5.66. The van der Waals surface area contributed by atoms with Crippen molar-refractivity contribution in [1.82, 2.24) is 0 Å². The Kier molecular flexibility index (Phi) is 25.7. The molecule has 0 spiro atoms. The van der Waals surface area contributed by atoms with Crippen LogP contribution in [0.15, 0.2) is 70.7 Å². The molecule has 0 heterocycles. The summed E-state index contributed by atoms with van der Waals surface area (Å²) in [6.07, 6.45) is 39.3. The van der Waals surface area contributed by atoms with Crippen molar-refractivity contribution in [3.63, 3.8) is 0 Å². The number of allylic oxidation sites excluding steroid dienone is 1. The third kappa shape index (κ3) is 21.9. The molecule has 0 aliphatic heterocycles. The molecule has 0 amide bonds. The number of unbranched alkanes of at least 4 members (excludes halogenated alkanes) is 21. The standard InChI is InChI=1S/C45H72N2/c1-4-7-10-12-13-14-15-16-17-18-19-20-21-22-23-24-25-26-28-33-41-34-32-37-43(40-41)47-44(38-9-6-3)45(39-31-11-8-5-2)46-42-35-29-27-30-36-42/h27-30,32-37,40H,4-26,31,38-39H2,1-3H3/b33-28+,46-45?,47-44?. The lowest BCUT2D eigenvalue weighted by Crippen LogP contribution is -2.14. The van der Waals surface area contributed by atoms with Crippen molar-refractivity contribution in [2.24, 2.45) is 9.98 Å². The van der Waals surface area contributed by atoms with Crippen LogP contribution < -0.4 is 0 Å². The Hall–Kier alpha value is -2.48. The summed E-state index contributed by atoms with van der Waals surface area (Å²) in [5, 5.41) is 0. The molecular weight excluding hydrogens is 569 g/mol. The van der Waals surface area contributed by atoms with Crippen molar-refractivity contribution in [3.05, 3.63) is 66.2 Å². The normalized spacial score (nSPS) is 12.4. The Balaban J connectivity index is 1.73. The third-order valence-electron chi connectivity index (χ3n) is 9.31. The molecule has 0 aliphatic rings. The smallest absolute Gasteiger partial charge is 0.0639 e. The van der Waals surface area contributed by atoms with Crippen LogP contribution in [0.5, 0.6) is 0 Å². The first-order chi connectivity index (χ1) is 23.3. The van der Waals surface area contributed by atoms with Crippen molar-refractivity contribution in [2.45, 2.75) is 188 Å². The fourth-order valence-corrected chi connectivity index (χ4v) is 6.31. The van der Waals surface area contributed by atoms with E-state index in [1.54, 1.807) is 0 Å². The van der Waals surface area contributed by atoms with Crippen LogP contribution in [0.4, 0.5) is 11.4 Å². The number of hydrogen-bond acceptors (Lipinski definition) is 2. The van der Waals surface area contributed by atoms with E-state index in [9.17, 15) is 0 Å². The molecule has 2 aromatic carbocycles. The van der Waals surface area contributed by atoms with Crippen LogP contribution in [0.3, 0.4) is 0 Å². The van der Waals surface area contributed by atoms with E-state index in [0.29, 0.717) is 0 Å². The average molecular weight is 641 g/mol. The Labute approximate surface area is 292 Å². The summed E-state index contributed by atoms with van der Waals surface area (Å²) in [5.74, 6) is 0. The van der Waals surface area contributed by atoms with Crippen LogP contribution >= 0.6 is 0 Å². The maximum Gasteiger partial charge on any atom is 0.0639 e. The minimum atomic E-state index is 0.981. The van der Waals surface area contributed by atoms with Crippen LogP contribution in [0.25, 0.3) is 6.08 Å². The first kappa shape index (κ1) is 40.7. The van der Waals surface area contributed by atoms with Gasteiger partial charge in [-0.25, -0.2) is 0 Å². The number of aliphatic imine (C=N–C) groups is 2. The molecule has 0 N–H and O–H groups in total. The number of rotatable bonds is 30. The van der Waals surface area contributed by atoms with E-state index in [2.05, 4.69) is 87.5 Å². The predicted octanol–water partition coefficient (Wildman–Crippen LogP) is 15.7. The summed E-state index contributed by atoms with van der Waals surface area (Å²) >= 11 is 0. The van der Waals surface area contributed by atoms with Crippen molar-refractivity contribution < 1.29 is 0 Å². The molecule has 0 radical (unpaired) electrons. The van der Waals surface area contributed by atoms with Gasteiger partial charge in [0.25, 0.3) is 0 Å². The molecule has 0 fully saturated rings. The molecule has 0 aromatic heterocycles. The molecule has 2 rings (SSSR count). The van der Waals surface area contributed by atoms with Crippen LogP contribution in [0, 0.1) is 0 Å². The zero-order valence-electron chi connectivity index (χ0n) is 31.1. The Morgan fingerprint density at radius 3 is 1.45 bits per heavy atom. The van der Waals surface area contributed by atoms with Crippen LogP contribution in [0.1, 0.15) is 193 Å². The van der Waals surface area contributed by atoms with Gasteiger partial charge >= 0.3 is 0 Å². The largest absolute Gasteiger partial charge is 0.252 e. The summed E-state index contributed by atoms with van der Waals surface area (Å²) in [6.45, 7) is 6.84. The van der Waals surface area contributed by atoms with E-state index in [1.807, 2.05) is 0 Å². The highest BCUT2D eigenvalue weighted by Gasteiger charge is 2.11. The van der Waals surface area contributed by atoms with Crippen molar-refractivity contribution >= 4 is 28.9 Å². The van der Waals surface area contributed by atoms with E-state index in [0.717, 1.165) is 42.8 Å². The van der Waals surface area contributed by atoms with Gasteiger partial charge in [-0.3, -0.25) is 9.98 Å². The van der Waals surface area contributed by atoms with E-state index in [1.165, 1.54) is 153 Å². The fourth-order valence-electron chi connectivity index (χ4n) is 6.31. The average Bonchev–Trinajstić information content (AvgIpc) is 3.09. The van der Waals surface area contributed by atoms with Crippen molar-refractivity contribution in [1.29, 1.82) is 0 Å². The summed E-state index contributed by atoms with van der Waals surface area (Å²) in [4.78, 5) is 10.4. The minimum Gasteiger partial charge on any atom is -0.252 e. The molecule has 2 heteroatoms. The molecule has 0 saturated heterocycles. The second-order valence-corrected chi connectivity index (χ2v) is 13.8. The Morgan fingerprint density at radius 1 is 0.447 bits per heavy atom. The summed E-state index contributed by atoms with van der Waals surface area (Å²) in [6, 6.07) is 19.2. The van der Waals surface area contributed by atoms with Gasteiger partial charge in [0.15, 0.2) is 0 Å². The van der Waals surface area contributed by atoms with Crippen molar-refractivity contribution in [3.8, 4) is 0 Å². The van der Waals surface area contributed by atoms with Crippen LogP contribution in [-0.2, 0) is 0 Å². The van der Waals surface area contributed by atoms with Gasteiger partial charge < -0.3 is 0 Å². The molecule has 0 saturated carbocycles. The lowest BCUT2D eigenvalue weighted by Gasteiger charge is -2.11. The van der Waals surface area contributed by atoms with Gasteiger partial charge in [-0.05, 0) is 68.4 Å². The number of para-hydroxylation sites is 1.